The van der Waals surface area contributed by atoms with E-state index in [9.17, 15) is 4.79 Å². The van der Waals surface area contributed by atoms with Crippen LogP contribution in [0.15, 0.2) is 29.1 Å². The average Bonchev–Trinajstić information content (AvgIpc) is 2.64. The molecule has 2 rings (SSSR count). The molecule has 0 aliphatic carbocycles. The van der Waals surface area contributed by atoms with E-state index in [-0.39, 0.29) is 12.3 Å². The number of carbonyl (C=O) groups is 1. The highest BCUT2D eigenvalue weighted by molar-refractivity contribution is 5.91. The first-order valence-electron chi connectivity index (χ1n) is 5.26. The molecule has 0 aromatic carbocycles. The Bertz CT molecular complexity index is 534. The lowest BCUT2D eigenvalue weighted by atomic mass is 10.2. The number of hydrogen-bond acceptors (Lipinski definition) is 4. The van der Waals surface area contributed by atoms with Gasteiger partial charge in [-0.1, -0.05) is 0 Å². The molecule has 17 heavy (non-hydrogen) atoms. The van der Waals surface area contributed by atoms with Gasteiger partial charge in [-0.15, -0.1) is 0 Å². The number of aryl methyl sites for hydroxylation is 2. The van der Waals surface area contributed by atoms with E-state index in [4.69, 9.17) is 4.42 Å². The van der Waals surface area contributed by atoms with Crippen LogP contribution in [0.4, 0.5) is 5.69 Å². The van der Waals surface area contributed by atoms with Crippen LogP contribution in [0.3, 0.4) is 0 Å². The van der Waals surface area contributed by atoms with Gasteiger partial charge in [-0.2, -0.15) is 0 Å². The molecule has 0 unspecified atom stereocenters. The van der Waals surface area contributed by atoms with E-state index in [0.717, 1.165) is 17.1 Å². The number of nitrogens with zero attached hydrogens (tertiary/aromatic N) is 2. The number of rotatable bonds is 3. The number of pyridine rings is 1. The van der Waals surface area contributed by atoms with Gasteiger partial charge in [0.1, 0.15) is 5.76 Å². The lowest BCUT2D eigenvalue weighted by Crippen LogP contribution is -2.14. The number of hydrogen-bond donors (Lipinski definition) is 1. The molecule has 0 radical (unpaired) electrons. The monoisotopic (exact) mass is 231 g/mol. The normalized spacial score (nSPS) is 10.2. The standard InChI is InChI=1S/C12H13N3O2/c1-8-5-10(3-4-13-8)15-12(16)6-11-9(2)14-7-17-11/h3-5,7H,6H2,1-2H3,(H,13,15,16). The van der Waals surface area contributed by atoms with Gasteiger partial charge in [0.25, 0.3) is 0 Å². The lowest BCUT2D eigenvalue weighted by Gasteiger charge is -2.04. The van der Waals surface area contributed by atoms with Crippen molar-refractivity contribution in [3.63, 3.8) is 0 Å². The van der Waals surface area contributed by atoms with E-state index < -0.39 is 0 Å². The van der Waals surface area contributed by atoms with Crippen molar-refractivity contribution in [3.05, 3.63) is 41.9 Å². The third kappa shape index (κ3) is 2.90. The maximum Gasteiger partial charge on any atom is 0.232 e. The van der Waals surface area contributed by atoms with Crippen molar-refractivity contribution >= 4 is 11.6 Å². The number of amides is 1. The minimum Gasteiger partial charge on any atom is -0.448 e. The van der Waals surface area contributed by atoms with Crippen LogP contribution in [-0.4, -0.2) is 15.9 Å². The molecule has 0 saturated heterocycles. The Kier molecular flexibility index (Phi) is 3.18. The Balaban J connectivity index is 2.01. The van der Waals surface area contributed by atoms with Gasteiger partial charge in [0.05, 0.1) is 12.1 Å². The van der Waals surface area contributed by atoms with E-state index >= 15 is 0 Å². The molecule has 0 fully saturated rings. The third-order valence-electron chi connectivity index (χ3n) is 2.35. The molecule has 0 spiro atoms. The van der Waals surface area contributed by atoms with Gasteiger partial charge in [0.2, 0.25) is 5.91 Å². The Morgan fingerprint density at radius 2 is 2.24 bits per heavy atom. The molecule has 0 aliphatic heterocycles. The third-order valence-corrected chi connectivity index (χ3v) is 2.35. The van der Waals surface area contributed by atoms with Crippen LogP contribution in [-0.2, 0) is 11.2 Å². The predicted molar refractivity (Wildman–Crippen MR) is 62.5 cm³/mol. The van der Waals surface area contributed by atoms with Crippen molar-refractivity contribution in [1.29, 1.82) is 0 Å². The summed E-state index contributed by atoms with van der Waals surface area (Å²) in [6, 6.07) is 3.56. The average molecular weight is 231 g/mol. The van der Waals surface area contributed by atoms with Crippen molar-refractivity contribution in [2.45, 2.75) is 20.3 Å². The van der Waals surface area contributed by atoms with Crippen LogP contribution in [0, 0.1) is 13.8 Å². The highest BCUT2D eigenvalue weighted by atomic mass is 16.3. The maximum atomic E-state index is 11.7. The summed E-state index contributed by atoms with van der Waals surface area (Å²) >= 11 is 0. The molecule has 2 aromatic heterocycles. The maximum absolute atomic E-state index is 11.7. The van der Waals surface area contributed by atoms with Gasteiger partial charge in [0.15, 0.2) is 6.39 Å². The van der Waals surface area contributed by atoms with Gasteiger partial charge in [-0.25, -0.2) is 4.98 Å². The molecule has 0 atom stereocenters. The number of carbonyl (C=O) groups excluding carboxylic acids is 1. The number of aromatic nitrogens is 2. The first-order valence-corrected chi connectivity index (χ1v) is 5.26. The zero-order chi connectivity index (χ0) is 12.3. The van der Waals surface area contributed by atoms with Crippen molar-refractivity contribution in [1.82, 2.24) is 9.97 Å². The molecular weight excluding hydrogens is 218 g/mol. The summed E-state index contributed by atoms with van der Waals surface area (Å²) < 4.78 is 5.11. The van der Waals surface area contributed by atoms with Gasteiger partial charge in [0, 0.05) is 17.6 Å². The van der Waals surface area contributed by atoms with Gasteiger partial charge in [-0.3, -0.25) is 9.78 Å². The Morgan fingerprint density at radius 1 is 1.41 bits per heavy atom. The summed E-state index contributed by atoms with van der Waals surface area (Å²) in [5, 5.41) is 2.78. The largest absolute Gasteiger partial charge is 0.448 e. The number of oxazole rings is 1. The van der Waals surface area contributed by atoms with Crippen molar-refractivity contribution in [3.8, 4) is 0 Å². The zero-order valence-electron chi connectivity index (χ0n) is 9.73. The molecule has 5 nitrogen and oxygen atoms in total. The Hall–Kier alpha value is -2.17. The summed E-state index contributed by atoms with van der Waals surface area (Å²) in [6.07, 6.45) is 3.19. The molecule has 0 bridgehead atoms. The van der Waals surface area contributed by atoms with E-state index in [1.807, 2.05) is 19.9 Å². The fourth-order valence-corrected chi connectivity index (χ4v) is 1.47. The predicted octanol–water partition coefficient (Wildman–Crippen LogP) is 1.87. The van der Waals surface area contributed by atoms with Crippen molar-refractivity contribution in [2.75, 3.05) is 5.32 Å². The summed E-state index contributed by atoms with van der Waals surface area (Å²) in [4.78, 5) is 19.7. The van der Waals surface area contributed by atoms with Crippen LogP contribution in [0.2, 0.25) is 0 Å². The molecule has 1 amide bonds. The first kappa shape index (κ1) is 11.3. The van der Waals surface area contributed by atoms with E-state index in [2.05, 4.69) is 15.3 Å². The van der Waals surface area contributed by atoms with Crippen LogP contribution in [0.25, 0.3) is 0 Å². The molecule has 2 heterocycles. The van der Waals surface area contributed by atoms with Crippen LogP contribution in [0.1, 0.15) is 17.1 Å². The highest BCUT2D eigenvalue weighted by Crippen LogP contribution is 2.10. The summed E-state index contributed by atoms with van der Waals surface area (Å²) in [6.45, 7) is 3.68. The summed E-state index contributed by atoms with van der Waals surface area (Å²) in [7, 11) is 0. The van der Waals surface area contributed by atoms with Crippen LogP contribution >= 0.6 is 0 Å². The van der Waals surface area contributed by atoms with Crippen molar-refractivity contribution in [2.24, 2.45) is 0 Å². The molecule has 0 aliphatic rings. The second kappa shape index (κ2) is 4.78. The molecule has 1 N–H and O–H groups in total. The minimum absolute atomic E-state index is 0.129. The Labute approximate surface area is 98.9 Å². The fraction of sp³-hybridized carbons (Fsp3) is 0.250. The summed E-state index contributed by atoms with van der Waals surface area (Å²) in [5.41, 5.74) is 2.34. The topological polar surface area (TPSA) is 68.0 Å². The van der Waals surface area contributed by atoms with Crippen LogP contribution in [0.5, 0.6) is 0 Å². The second-order valence-electron chi connectivity index (χ2n) is 3.77. The highest BCUT2D eigenvalue weighted by Gasteiger charge is 2.10. The van der Waals surface area contributed by atoms with Gasteiger partial charge < -0.3 is 9.73 Å². The summed E-state index contributed by atoms with van der Waals surface area (Å²) in [5.74, 6) is 0.462. The van der Waals surface area contributed by atoms with E-state index in [1.165, 1.54) is 6.39 Å². The molecule has 0 saturated carbocycles. The fourth-order valence-electron chi connectivity index (χ4n) is 1.47. The second-order valence-corrected chi connectivity index (χ2v) is 3.77. The SMILES string of the molecule is Cc1cc(NC(=O)Cc2ocnc2C)ccn1. The smallest absolute Gasteiger partial charge is 0.232 e. The molecule has 2 aromatic rings. The molecule has 88 valence electrons. The Morgan fingerprint density at radius 3 is 2.88 bits per heavy atom. The van der Waals surface area contributed by atoms with Gasteiger partial charge >= 0.3 is 0 Å². The van der Waals surface area contributed by atoms with Crippen molar-refractivity contribution < 1.29 is 9.21 Å². The van der Waals surface area contributed by atoms with Crippen LogP contribution < -0.4 is 5.32 Å². The van der Waals surface area contributed by atoms with E-state index in [0.29, 0.717) is 5.76 Å². The number of anilines is 1. The molecular formula is C12H13N3O2. The first-order chi connectivity index (χ1) is 8.15. The number of nitrogens with one attached hydrogen (secondary N) is 1. The minimum atomic E-state index is -0.129. The van der Waals surface area contributed by atoms with Gasteiger partial charge in [-0.05, 0) is 26.0 Å². The van der Waals surface area contributed by atoms with E-state index in [1.54, 1.807) is 12.3 Å². The molecule has 5 heteroatoms. The quantitative estimate of drug-likeness (QED) is 0.875. The lowest BCUT2D eigenvalue weighted by molar-refractivity contribution is -0.115. The zero-order valence-corrected chi connectivity index (χ0v) is 9.73.